The van der Waals surface area contributed by atoms with Gasteiger partial charge < -0.3 is 19.7 Å². The second-order valence-corrected chi connectivity index (χ2v) is 8.44. The van der Waals surface area contributed by atoms with E-state index < -0.39 is 0 Å². The van der Waals surface area contributed by atoms with E-state index in [0.717, 1.165) is 68.8 Å². The van der Waals surface area contributed by atoms with E-state index in [1.54, 1.807) is 11.3 Å². The number of rotatable bonds is 5. The standard InChI is InChI=1S/C19H32N4O2S.HI/c1-14-18(26-15(2)22-14)12-21-19(20-3)23-9-7-16(8-10-23)25-13-17-6-4-5-11-24-17;/h16-17H,4-13H2,1-3H3,(H,20,21);1H. The molecule has 0 saturated carbocycles. The maximum Gasteiger partial charge on any atom is 0.193 e. The van der Waals surface area contributed by atoms with Crippen LogP contribution in [0.3, 0.4) is 0 Å². The van der Waals surface area contributed by atoms with Crippen LogP contribution < -0.4 is 5.32 Å². The molecule has 0 aliphatic carbocycles. The van der Waals surface area contributed by atoms with Crippen molar-refractivity contribution in [1.29, 1.82) is 0 Å². The molecule has 0 amide bonds. The van der Waals surface area contributed by atoms with Gasteiger partial charge in [-0.25, -0.2) is 4.98 Å². The van der Waals surface area contributed by atoms with Crippen molar-refractivity contribution in [2.24, 2.45) is 4.99 Å². The quantitative estimate of drug-likeness (QED) is 0.375. The average Bonchev–Trinajstić information content (AvgIpc) is 2.99. The SMILES string of the molecule is CN=C(NCc1sc(C)nc1C)N1CCC(OCC2CCCCO2)CC1.I. The predicted octanol–water partition coefficient (Wildman–Crippen LogP) is 3.50. The van der Waals surface area contributed by atoms with Crippen molar-refractivity contribution in [3.05, 3.63) is 15.6 Å². The lowest BCUT2D eigenvalue weighted by molar-refractivity contribution is -0.0721. The zero-order valence-corrected chi connectivity index (χ0v) is 19.8. The van der Waals surface area contributed by atoms with E-state index in [0.29, 0.717) is 12.2 Å². The molecule has 8 heteroatoms. The van der Waals surface area contributed by atoms with Crippen LogP contribution in [0.2, 0.25) is 0 Å². The summed E-state index contributed by atoms with van der Waals surface area (Å²) < 4.78 is 11.9. The fourth-order valence-corrected chi connectivity index (χ4v) is 4.52. The number of halogens is 1. The smallest absolute Gasteiger partial charge is 0.193 e. The molecule has 1 aromatic rings. The van der Waals surface area contributed by atoms with Gasteiger partial charge in [-0.05, 0) is 46.0 Å². The molecule has 2 saturated heterocycles. The molecule has 6 nitrogen and oxygen atoms in total. The van der Waals surface area contributed by atoms with E-state index in [1.807, 2.05) is 7.05 Å². The maximum atomic E-state index is 6.11. The Balaban J connectivity index is 0.00000261. The number of hydrogen-bond donors (Lipinski definition) is 1. The molecular formula is C19H33IN4O2S. The van der Waals surface area contributed by atoms with Crippen LogP contribution in [0.15, 0.2) is 4.99 Å². The fourth-order valence-electron chi connectivity index (χ4n) is 3.65. The van der Waals surface area contributed by atoms with Gasteiger partial charge in [-0.1, -0.05) is 0 Å². The number of ether oxygens (including phenoxy) is 2. The highest BCUT2D eigenvalue weighted by Crippen LogP contribution is 2.19. The Morgan fingerprint density at radius 3 is 2.67 bits per heavy atom. The lowest BCUT2D eigenvalue weighted by atomic mass is 10.1. The van der Waals surface area contributed by atoms with E-state index in [-0.39, 0.29) is 24.0 Å². The van der Waals surface area contributed by atoms with Crippen LogP contribution in [0.1, 0.15) is 47.7 Å². The van der Waals surface area contributed by atoms with Crippen LogP contribution in [0.4, 0.5) is 0 Å². The van der Waals surface area contributed by atoms with Gasteiger partial charge in [0.15, 0.2) is 5.96 Å². The fraction of sp³-hybridized carbons (Fsp3) is 0.789. The summed E-state index contributed by atoms with van der Waals surface area (Å²) in [5.41, 5.74) is 1.12. The first-order valence-electron chi connectivity index (χ1n) is 9.77. The third-order valence-corrected chi connectivity index (χ3v) is 6.22. The van der Waals surface area contributed by atoms with Gasteiger partial charge in [-0.15, -0.1) is 35.3 Å². The van der Waals surface area contributed by atoms with E-state index >= 15 is 0 Å². The van der Waals surface area contributed by atoms with Crippen molar-refractivity contribution in [3.8, 4) is 0 Å². The molecule has 0 spiro atoms. The van der Waals surface area contributed by atoms with Gasteiger partial charge in [-0.3, -0.25) is 4.99 Å². The van der Waals surface area contributed by atoms with Crippen LogP contribution in [-0.2, 0) is 16.0 Å². The number of nitrogens with one attached hydrogen (secondary N) is 1. The molecule has 1 N–H and O–H groups in total. The summed E-state index contributed by atoms with van der Waals surface area (Å²) in [6.07, 6.45) is 6.36. The van der Waals surface area contributed by atoms with Crippen molar-refractivity contribution in [3.63, 3.8) is 0 Å². The number of aliphatic imine (C=N–C) groups is 1. The molecule has 2 aliphatic heterocycles. The number of likely N-dealkylation sites (tertiary alicyclic amines) is 1. The van der Waals surface area contributed by atoms with Crippen LogP contribution in [0.5, 0.6) is 0 Å². The van der Waals surface area contributed by atoms with Gasteiger partial charge in [0.05, 0.1) is 36.1 Å². The van der Waals surface area contributed by atoms with E-state index in [4.69, 9.17) is 9.47 Å². The van der Waals surface area contributed by atoms with Gasteiger partial charge >= 0.3 is 0 Å². The largest absolute Gasteiger partial charge is 0.376 e. The van der Waals surface area contributed by atoms with Crippen molar-refractivity contribution in [1.82, 2.24) is 15.2 Å². The molecule has 1 atom stereocenters. The monoisotopic (exact) mass is 508 g/mol. The summed E-state index contributed by atoms with van der Waals surface area (Å²) in [7, 11) is 1.86. The molecule has 27 heavy (non-hydrogen) atoms. The van der Waals surface area contributed by atoms with Gasteiger partial charge in [0.1, 0.15) is 0 Å². The lowest BCUT2D eigenvalue weighted by Gasteiger charge is -2.35. The van der Waals surface area contributed by atoms with Crippen LogP contribution in [0, 0.1) is 13.8 Å². The van der Waals surface area contributed by atoms with Crippen molar-refractivity contribution < 1.29 is 9.47 Å². The number of nitrogens with zero attached hydrogens (tertiary/aromatic N) is 3. The average molecular weight is 508 g/mol. The molecule has 154 valence electrons. The number of aryl methyl sites for hydroxylation is 2. The number of thiazole rings is 1. The molecule has 0 bridgehead atoms. The third-order valence-electron chi connectivity index (χ3n) is 5.15. The normalized spacial score (nSPS) is 21.8. The Bertz CT molecular complexity index is 597. The lowest BCUT2D eigenvalue weighted by Crippen LogP contribution is -2.47. The highest BCUT2D eigenvalue weighted by molar-refractivity contribution is 14.0. The van der Waals surface area contributed by atoms with E-state index in [9.17, 15) is 0 Å². The van der Waals surface area contributed by atoms with Crippen LogP contribution >= 0.6 is 35.3 Å². The van der Waals surface area contributed by atoms with Crippen LogP contribution in [-0.4, -0.2) is 61.4 Å². The highest BCUT2D eigenvalue weighted by atomic mass is 127. The van der Waals surface area contributed by atoms with Gasteiger partial charge in [-0.2, -0.15) is 0 Å². The molecule has 0 radical (unpaired) electrons. The van der Waals surface area contributed by atoms with Crippen molar-refractivity contribution >= 4 is 41.3 Å². The van der Waals surface area contributed by atoms with Gasteiger partial charge in [0.2, 0.25) is 0 Å². The number of aromatic nitrogens is 1. The molecule has 0 aromatic carbocycles. The molecular weight excluding hydrogens is 475 g/mol. The zero-order valence-electron chi connectivity index (χ0n) is 16.7. The number of guanidine groups is 1. The first kappa shape index (κ1) is 22.8. The van der Waals surface area contributed by atoms with Crippen LogP contribution in [0.25, 0.3) is 0 Å². The number of hydrogen-bond acceptors (Lipinski definition) is 5. The molecule has 2 fully saturated rings. The summed E-state index contributed by atoms with van der Waals surface area (Å²) in [4.78, 5) is 12.6. The Morgan fingerprint density at radius 1 is 1.30 bits per heavy atom. The van der Waals surface area contributed by atoms with E-state index in [1.165, 1.54) is 17.7 Å². The Labute approximate surface area is 184 Å². The summed E-state index contributed by atoms with van der Waals surface area (Å²) >= 11 is 1.75. The molecule has 3 heterocycles. The maximum absolute atomic E-state index is 6.11. The second-order valence-electron chi connectivity index (χ2n) is 7.15. The second kappa shape index (κ2) is 11.5. The van der Waals surface area contributed by atoms with E-state index in [2.05, 4.69) is 34.0 Å². The van der Waals surface area contributed by atoms with Gasteiger partial charge in [0, 0.05) is 31.6 Å². The zero-order chi connectivity index (χ0) is 18.4. The summed E-state index contributed by atoms with van der Waals surface area (Å²) in [6, 6.07) is 0. The minimum atomic E-state index is 0. The Kier molecular flexibility index (Phi) is 9.75. The minimum Gasteiger partial charge on any atom is -0.376 e. The van der Waals surface area contributed by atoms with Crippen molar-refractivity contribution in [2.75, 3.05) is 33.4 Å². The molecule has 1 aromatic heterocycles. The number of piperidine rings is 1. The summed E-state index contributed by atoms with van der Waals surface area (Å²) in [5.74, 6) is 0.976. The van der Waals surface area contributed by atoms with Gasteiger partial charge in [0.25, 0.3) is 0 Å². The first-order chi connectivity index (χ1) is 12.7. The summed E-state index contributed by atoms with van der Waals surface area (Å²) in [6.45, 7) is 8.53. The summed E-state index contributed by atoms with van der Waals surface area (Å²) in [5, 5.41) is 4.61. The minimum absolute atomic E-state index is 0. The molecule has 2 aliphatic rings. The topological polar surface area (TPSA) is 59.0 Å². The molecule has 3 rings (SSSR count). The van der Waals surface area contributed by atoms with Crippen molar-refractivity contribution in [2.45, 2.75) is 64.7 Å². The highest BCUT2D eigenvalue weighted by Gasteiger charge is 2.24. The Morgan fingerprint density at radius 2 is 2.07 bits per heavy atom. The molecule has 1 unspecified atom stereocenters. The Hall–Kier alpha value is -0.450. The first-order valence-corrected chi connectivity index (χ1v) is 10.6. The predicted molar refractivity (Wildman–Crippen MR) is 121 cm³/mol. The third kappa shape index (κ3) is 6.83.